The van der Waals surface area contributed by atoms with E-state index in [1.807, 2.05) is 0 Å². The monoisotopic (exact) mass is 364 g/mol. The molecule has 1 atom stereocenters. The molecule has 2 rings (SSSR count). The molecule has 0 fully saturated rings. The Morgan fingerprint density at radius 2 is 2.16 bits per heavy atom. The first-order valence-corrected chi connectivity index (χ1v) is 7.41. The number of amides is 1. The molecule has 9 heteroatoms. The maximum atomic E-state index is 12.1. The normalized spacial score (nSPS) is 11.9. The highest BCUT2D eigenvalue weighted by atomic mass is 35.5. The van der Waals surface area contributed by atoms with Crippen LogP contribution in [0.3, 0.4) is 0 Å². The van der Waals surface area contributed by atoms with Crippen LogP contribution in [0.15, 0.2) is 47.1 Å². The van der Waals surface area contributed by atoms with Crippen LogP contribution < -0.4 is 5.32 Å². The van der Waals surface area contributed by atoms with Crippen molar-refractivity contribution in [1.82, 2.24) is 0 Å². The van der Waals surface area contributed by atoms with Crippen molar-refractivity contribution >= 4 is 40.9 Å². The van der Waals surface area contributed by atoms with E-state index >= 15 is 0 Å². The predicted octanol–water partition coefficient (Wildman–Crippen LogP) is 3.42. The average Bonchev–Trinajstić information content (AvgIpc) is 3.08. The van der Waals surface area contributed by atoms with Gasteiger partial charge in [0.1, 0.15) is 5.76 Å². The first-order valence-electron chi connectivity index (χ1n) is 7.04. The Morgan fingerprint density at radius 1 is 1.40 bits per heavy atom. The molecule has 2 aromatic rings. The van der Waals surface area contributed by atoms with E-state index in [0.29, 0.717) is 5.76 Å². The van der Waals surface area contributed by atoms with Gasteiger partial charge in [0.05, 0.1) is 21.9 Å². The van der Waals surface area contributed by atoms with Crippen molar-refractivity contribution in [3.05, 3.63) is 63.6 Å². The highest BCUT2D eigenvalue weighted by Crippen LogP contribution is 2.26. The van der Waals surface area contributed by atoms with Gasteiger partial charge in [0, 0.05) is 18.2 Å². The summed E-state index contributed by atoms with van der Waals surface area (Å²) in [5.41, 5.74) is -0.180. The number of hydrogen-bond acceptors (Lipinski definition) is 6. The van der Waals surface area contributed by atoms with E-state index < -0.39 is 22.9 Å². The molecule has 1 amide bonds. The lowest BCUT2D eigenvalue weighted by atomic mass is 10.2. The second-order valence-electron chi connectivity index (χ2n) is 4.84. The lowest BCUT2D eigenvalue weighted by molar-refractivity contribution is -0.384. The molecule has 1 unspecified atom stereocenters. The number of nitrogens with one attached hydrogen (secondary N) is 1. The van der Waals surface area contributed by atoms with Crippen LogP contribution in [0.25, 0.3) is 6.08 Å². The van der Waals surface area contributed by atoms with Crippen LogP contribution in [0.5, 0.6) is 0 Å². The van der Waals surface area contributed by atoms with Crippen LogP contribution in [-0.2, 0) is 14.3 Å². The van der Waals surface area contributed by atoms with E-state index in [9.17, 15) is 19.7 Å². The minimum Gasteiger partial charge on any atom is -0.465 e. The molecule has 0 aliphatic rings. The lowest BCUT2D eigenvalue weighted by Gasteiger charge is -2.13. The Hall–Kier alpha value is -3.13. The third-order valence-electron chi connectivity index (χ3n) is 3.01. The Kier molecular flexibility index (Phi) is 5.91. The summed E-state index contributed by atoms with van der Waals surface area (Å²) in [6, 6.07) is 6.92. The van der Waals surface area contributed by atoms with Crippen molar-refractivity contribution in [1.29, 1.82) is 0 Å². The summed E-state index contributed by atoms with van der Waals surface area (Å²) in [4.78, 5) is 33.9. The van der Waals surface area contributed by atoms with Crippen molar-refractivity contribution in [2.45, 2.75) is 13.0 Å². The van der Waals surface area contributed by atoms with E-state index in [4.69, 9.17) is 20.8 Å². The van der Waals surface area contributed by atoms with Crippen LogP contribution in [0.2, 0.25) is 5.02 Å². The number of carbonyl (C=O) groups excluding carboxylic acids is 2. The first kappa shape index (κ1) is 18.2. The van der Waals surface area contributed by atoms with E-state index in [1.165, 1.54) is 31.4 Å². The highest BCUT2D eigenvalue weighted by Gasteiger charge is 2.19. The van der Waals surface area contributed by atoms with Gasteiger partial charge in [-0.05, 0) is 31.2 Å². The zero-order chi connectivity index (χ0) is 18.4. The van der Waals surface area contributed by atoms with Gasteiger partial charge in [0.2, 0.25) is 0 Å². The van der Waals surface area contributed by atoms with Crippen LogP contribution in [0.1, 0.15) is 12.7 Å². The standard InChI is InChI=1S/C16H13ClN2O6/c1-10(25-15(20)7-5-12-3-2-8-24-12)16(21)18-14-9-11(19(22)23)4-6-13(14)17/h2-10H,1H3,(H,18,21). The van der Waals surface area contributed by atoms with Crippen molar-refractivity contribution < 1.29 is 23.7 Å². The summed E-state index contributed by atoms with van der Waals surface area (Å²) in [5.74, 6) is -0.969. The summed E-state index contributed by atoms with van der Waals surface area (Å²) in [7, 11) is 0. The molecular formula is C16H13ClN2O6. The molecule has 1 N–H and O–H groups in total. The Balaban J connectivity index is 1.97. The van der Waals surface area contributed by atoms with Gasteiger partial charge in [0.15, 0.2) is 6.10 Å². The number of ether oxygens (including phenoxy) is 1. The van der Waals surface area contributed by atoms with Gasteiger partial charge in [-0.25, -0.2) is 4.79 Å². The molecule has 0 aliphatic carbocycles. The number of hydrogen-bond donors (Lipinski definition) is 1. The van der Waals surface area contributed by atoms with Gasteiger partial charge < -0.3 is 14.5 Å². The second kappa shape index (κ2) is 8.11. The lowest BCUT2D eigenvalue weighted by Crippen LogP contribution is -2.29. The van der Waals surface area contributed by atoms with Crippen LogP contribution in [0.4, 0.5) is 11.4 Å². The second-order valence-corrected chi connectivity index (χ2v) is 5.25. The molecule has 0 aliphatic heterocycles. The van der Waals surface area contributed by atoms with Crippen molar-refractivity contribution in [3.63, 3.8) is 0 Å². The number of esters is 1. The minimum atomic E-state index is -1.14. The highest BCUT2D eigenvalue weighted by molar-refractivity contribution is 6.33. The molecular weight excluding hydrogens is 352 g/mol. The van der Waals surface area contributed by atoms with Crippen LogP contribution in [-0.4, -0.2) is 22.9 Å². The maximum absolute atomic E-state index is 12.1. The fourth-order valence-electron chi connectivity index (χ4n) is 1.76. The SMILES string of the molecule is CC(OC(=O)C=Cc1ccco1)C(=O)Nc1cc([N+](=O)[O-])ccc1Cl. The Bertz CT molecular complexity index is 816. The number of furan rings is 1. The van der Waals surface area contributed by atoms with Crippen molar-refractivity contribution in [3.8, 4) is 0 Å². The Labute approximate surface area is 147 Å². The topological polar surface area (TPSA) is 112 Å². The number of nitrogens with zero attached hydrogens (tertiary/aromatic N) is 1. The zero-order valence-electron chi connectivity index (χ0n) is 13.0. The number of non-ortho nitro benzene ring substituents is 1. The number of nitro benzene ring substituents is 1. The van der Waals surface area contributed by atoms with Gasteiger partial charge in [-0.3, -0.25) is 14.9 Å². The summed E-state index contributed by atoms with van der Waals surface area (Å²) in [6.07, 6.45) is 2.82. The molecule has 25 heavy (non-hydrogen) atoms. The Morgan fingerprint density at radius 3 is 2.80 bits per heavy atom. The van der Waals surface area contributed by atoms with Crippen molar-refractivity contribution in [2.24, 2.45) is 0 Å². The number of anilines is 1. The molecule has 0 radical (unpaired) electrons. The van der Waals surface area contributed by atoms with Gasteiger partial charge in [-0.1, -0.05) is 11.6 Å². The van der Waals surface area contributed by atoms with Gasteiger partial charge in [-0.15, -0.1) is 0 Å². The van der Waals surface area contributed by atoms with E-state index in [2.05, 4.69) is 5.32 Å². The molecule has 0 saturated heterocycles. The van der Waals surface area contributed by atoms with Crippen LogP contribution >= 0.6 is 11.6 Å². The van der Waals surface area contributed by atoms with Crippen molar-refractivity contribution in [2.75, 3.05) is 5.32 Å². The molecule has 0 spiro atoms. The predicted molar refractivity (Wildman–Crippen MR) is 90.0 cm³/mol. The number of nitro groups is 1. The largest absolute Gasteiger partial charge is 0.465 e. The van der Waals surface area contributed by atoms with E-state index in [1.54, 1.807) is 12.1 Å². The molecule has 130 valence electrons. The summed E-state index contributed by atoms with van der Waals surface area (Å²) in [6.45, 7) is 1.36. The maximum Gasteiger partial charge on any atom is 0.331 e. The fourth-order valence-corrected chi connectivity index (χ4v) is 1.93. The molecule has 8 nitrogen and oxygen atoms in total. The quantitative estimate of drug-likeness (QED) is 0.364. The molecule has 0 bridgehead atoms. The average molecular weight is 365 g/mol. The summed E-state index contributed by atoms with van der Waals surface area (Å²) < 4.78 is 9.96. The number of benzene rings is 1. The van der Waals surface area contributed by atoms with Gasteiger partial charge in [-0.2, -0.15) is 0 Å². The van der Waals surface area contributed by atoms with Gasteiger partial charge >= 0.3 is 5.97 Å². The number of halogens is 1. The number of rotatable bonds is 6. The molecule has 1 aromatic carbocycles. The van der Waals surface area contributed by atoms with Gasteiger partial charge in [0.25, 0.3) is 11.6 Å². The number of carbonyl (C=O) groups is 2. The first-order chi connectivity index (χ1) is 11.9. The fraction of sp³-hybridized carbons (Fsp3) is 0.125. The molecule has 0 saturated carbocycles. The van der Waals surface area contributed by atoms with Crippen LogP contribution in [0, 0.1) is 10.1 Å². The zero-order valence-corrected chi connectivity index (χ0v) is 13.7. The van der Waals surface area contributed by atoms with E-state index in [-0.39, 0.29) is 16.4 Å². The third kappa shape index (κ3) is 5.18. The molecule has 1 aromatic heterocycles. The minimum absolute atomic E-state index is 0.0508. The van der Waals surface area contributed by atoms with E-state index in [0.717, 1.165) is 12.1 Å². The third-order valence-corrected chi connectivity index (χ3v) is 3.34. The smallest absolute Gasteiger partial charge is 0.331 e. The molecule has 1 heterocycles. The summed E-state index contributed by atoms with van der Waals surface area (Å²) in [5, 5.41) is 13.3. The summed E-state index contributed by atoms with van der Waals surface area (Å²) >= 11 is 5.90.